The van der Waals surface area contributed by atoms with Crippen molar-refractivity contribution in [2.45, 2.75) is 32.4 Å². The fraction of sp³-hybridized carbons (Fsp3) is 0.643. The monoisotopic (exact) mass is 308 g/mol. The number of piperazine rings is 1. The van der Waals surface area contributed by atoms with Crippen LogP contribution in [0.4, 0.5) is 17.3 Å². The Kier molecular flexibility index (Phi) is 4.70. The molecule has 1 unspecified atom stereocenters. The third-order valence-corrected chi connectivity index (χ3v) is 3.29. The van der Waals surface area contributed by atoms with Crippen molar-refractivity contribution in [2.24, 2.45) is 0 Å². The van der Waals surface area contributed by atoms with Crippen LogP contribution in [-0.4, -0.2) is 54.3 Å². The van der Waals surface area contributed by atoms with Crippen LogP contribution in [0.3, 0.4) is 0 Å². The molecule has 1 saturated heterocycles. The van der Waals surface area contributed by atoms with Gasteiger partial charge in [-0.2, -0.15) is 0 Å². The van der Waals surface area contributed by atoms with E-state index in [9.17, 15) is 4.79 Å². The molecule has 122 valence electrons. The first-order chi connectivity index (χ1) is 10.3. The van der Waals surface area contributed by atoms with Gasteiger partial charge in [-0.1, -0.05) is 0 Å². The maximum absolute atomic E-state index is 12.5. The highest BCUT2D eigenvalue weighted by molar-refractivity contribution is 5.84. The summed E-state index contributed by atoms with van der Waals surface area (Å²) in [5.41, 5.74) is 6.01. The van der Waals surface area contributed by atoms with Gasteiger partial charge in [-0.25, -0.2) is 14.8 Å². The zero-order chi connectivity index (χ0) is 16.3. The second-order valence-electron chi connectivity index (χ2n) is 6.16. The van der Waals surface area contributed by atoms with Crippen LogP contribution in [0.1, 0.15) is 20.8 Å². The molecule has 2 rings (SSSR count). The first-order valence-corrected chi connectivity index (χ1v) is 7.32. The van der Waals surface area contributed by atoms with E-state index >= 15 is 0 Å². The van der Waals surface area contributed by atoms with Gasteiger partial charge < -0.3 is 26.0 Å². The summed E-state index contributed by atoms with van der Waals surface area (Å²) in [5.74, 6) is 0.812. The van der Waals surface area contributed by atoms with E-state index in [0.717, 1.165) is 6.54 Å². The van der Waals surface area contributed by atoms with Crippen LogP contribution in [0.5, 0.6) is 0 Å². The highest BCUT2D eigenvalue weighted by Gasteiger charge is 2.34. The number of carbonyl (C=O) groups excluding carboxylic acids is 1. The Morgan fingerprint density at radius 3 is 2.86 bits per heavy atom. The molecule has 1 aliphatic rings. The number of nitrogen functional groups attached to an aromatic ring is 1. The zero-order valence-electron chi connectivity index (χ0n) is 13.5. The molecule has 8 nitrogen and oxygen atoms in total. The molecule has 22 heavy (non-hydrogen) atoms. The summed E-state index contributed by atoms with van der Waals surface area (Å²) in [4.78, 5) is 22.7. The van der Waals surface area contributed by atoms with Gasteiger partial charge in [0.15, 0.2) is 11.6 Å². The summed E-state index contributed by atoms with van der Waals surface area (Å²) in [6.45, 7) is 7.41. The molecule has 0 saturated carbocycles. The quantitative estimate of drug-likeness (QED) is 0.681. The van der Waals surface area contributed by atoms with Crippen molar-refractivity contribution >= 4 is 23.3 Å². The van der Waals surface area contributed by atoms with Gasteiger partial charge in [-0.05, 0) is 20.8 Å². The fourth-order valence-electron chi connectivity index (χ4n) is 2.35. The molecule has 1 aliphatic heterocycles. The van der Waals surface area contributed by atoms with E-state index < -0.39 is 11.6 Å². The Morgan fingerprint density at radius 1 is 1.50 bits per heavy atom. The summed E-state index contributed by atoms with van der Waals surface area (Å²) < 4.78 is 5.50. The summed E-state index contributed by atoms with van der Waals surface area (Å²) >= 11 is 0. The number of nitrogens with zero attached hydrogens (tertiary/aromatic N) is 3. The van der Waals surface area contributed by atoms with Gasteiger partial charge >= 0.3 is 5.97 Å². The molecule has 1 fully saturated rings. The Morgan fingerprint density at radius 2 is 2.23 bits per heavy atom. The molecule has 0 aromatic carbocycles. The third-order valence-electron chi connectivity index (χ3n) is 3.29. The number of nitrogens with two attached hydrogens (primary N) is 1. The van der Waals surface area contributed by atoms with E-state index in [1.54, 1.807) is 7.05 Å². The minimum absolute atomic E-state index is 0.288. The molecule has 1 aromatic heterocycles. The molecule has 1 atom stereocenters. The molecule has 2 heterocycles. The van der Waals surface area contributed by atoms with Crippen LogP contribution >= 0.6 is 0 Å². The van der Waals surface area contributed by atoms with Gasteiger partial charge in [0.1, 0.15) is 23.7 Å². The van der Waals surface area contributed by atoms with Gasteiger partial charge in [0, 0.05) is 26.7 Å². The maximum atomic E-state index is 12.5. The second kappa shape index (κ2) is 6.35. The number of nitrogens with one attached hydrogen (secondary N) is 2. The van der Waals surface area contributed by atoms with Gasteiger partial charge in [0.2, 0.25) is 0 Å². The fourth-order valence-corrected chi connectivity index (χ4v) is 2.35. The van der Waals surface area contributed by atoms with Crippen LogP contribution in [0.2, 0.25) is 0 Å². The predicted molar refractivity (Wildman–Crippen MR) is 85.8 cm³/mol. The van der Waals surface area contributed by atoms with Crippen LogP contribution in [0, 0.1) is 0 Å². The Balaban J connectivity index is 2.29. The minimum Gasteiger partial charge on any atom is -0.458 e. The lowest BCUT2D eigenvalue weighted by Crippen LogP contribution is -2.57. The van der Waals surface area contributed by atoms with E-state index in [1.807, 2.05) is 25.7 Å². The highest BCUT2D eigenvalue weighted by Crippen LogP contribution is 2.28. The molecule has 0 radical (unpaired) electrons. The number of carbonyl (C=O) groups is 1. The van der Waals surface area contributed by atoms with Crippen molar-refractivity contribution in [2.75, 3.05) is 42.6 Å². The van der Waals surface area contributed by atoms with Crippen molar-refractivity contribution in [1.82, 2.24) is 15.3 Å². The Hall–Kier alpha value is -2.09. The molecule has 0 aliphatic carbocycles. The Labute approximate surface area is 130 Å². The standard InChI is InChI=1S/C14H24N6O2/c1-14(2,3)22-13(21)9-7-17-5-6-20(9)12-10(15)11(16-4)18-8-19-12/h8-9,17H,5-7,15H2,1-4H3,(H,16,18,19). The summed E-state index contributed by atoms with van der Waals surface area (Å²) in [5, 5.41) is 6.13. The zero-order valence-corrected chi connectivity index (χ0v) is 13.5. The van der Waals surface area contributed by atoms with Crippen molar-refractivity contribution in [3.8, 4) is 0 Å². The predicted octanol–water partition coefficient (Wildman–Crippen LogP) is 0.220. The number of hydrogen-bond acceptors (Lipinski definition) is 8. The average Bonchev–Trinajstić information content (AvgIpc) is 2.46. The van der Waals surface area contributed by atoms with Gasteiger partial charge in [0.05, 0.1) is 0 Å². The Bertz CT molecular complexity index is 543. The number of rotatable bonds is 3. The van der Waals surface area contributed by atoms with Gasteiger partial charge in [-0.15, -0.1) is 0 Å². The largest absolute Gasteiger partial charge is 0.458 e. The SMILES string of the molecule is CNc1ncnc(N2CCNCC2C(=O)OC(C)(C)C)c1N. The molecular formula is C14H24N6O2. The molecule has 0 amide bonds. The van der Waals surface area contributed by atoms with E-state index in [0.29, 0.717) is 30.4 Å². The van der Waals surface area contributed by atoms with Crippen LogP contribution in [0.15, 0.2) is 6.33 Å². The number of hydrogen-bond donors (Lipinski definition) is 3. The maximum Gasteiger partial charge on any atom is 0.330 e. The molecule has 0 bridgehead atoms. The normalized spacial score (nSPS) is 18.9. The summed E-state index contributed by atoms with van der Waals surface area (Å²) in [7, 11) is 1.74. The van der Waals surface area contributed by atoms with E-state index in [1.165, 1.54) is 6.33 Å². The summed E-state index contributed by atoms with van der Waals surface area (Å²) in [6.07, 6.45) is 1.44. The van der Waals surface area contributed by atoms with Crippen molar-refractivity contribution < 1.29 is 9.53 Å². The first-order valence-electron chi connectivity index (χ1n) is 7.32. The third kappa shape index (κ3) is 3.56. The number of esters is 1. The lowest BCUT2D eigenvalue weighted by atomic mass is 10.1. The van der Waals surface area contributed by atoms with Gasteiger partial charge in [0.25, 0.3) is 0 Å². The van der Waals surface area contributed by atoms with Crippen molar-refractivity contribution in [3.63, 3.8) is 0 Å². The molecule has 0 spiro atoms. The first kappa shape index (κ1) is 16.3. The molecule has 1 aromatic rings. The van der Waals surface area contributed by atoms with Crippen molar-refractivity contribution in [3.05, 3.63) is 6.33 Å². The lowest BCUT2D eigenvalue weighted by Gasteiger charge is -2.37. The van der Waals surface area contributed by atoms with Crippen LogP contribution in [0.25, 0.3) is 0 Å². The highest BCUT2D eigenvalue weighted by atomic mass is 16.6. The number of aromatic nitrogens is 2. The van der Waals surface area contributed by atoms with Crippen LogP contribution < -0.4 is 21.3 Å². The average molecular weight is 308 g/mol. The lowest BCUT2D eigenvalue weighted by molar-refractivity contribution is -0.156. The minimum atomic E-state index is -0.534. The molecule has 8 heteroatoms. The van der Waals surface area contributed by atoms with Crippen LogP contribution in [-0.2, 0) is 9.53 Å². The van der Waals surface area contributed by atoms with E-state index in [-0.39, 0.29) is 5.97 Å². The summed E-state index contributed by atoms with van der Waals surface area (Å²) in [6, 6.07) is -0.463. The smallest absolute Gasteiger partial charge is 0.330 e. The molecule has 4 N–H and O–H groups in total. The number of anilines is 3. The van der Waals surface area contributed by atoms with E-state index in [4.69, 9.17) is 10.5 Å². The topological polar surface area (TPSA) is 105 Å². The van der Waals surface area contributed by atoms with Crippen molar-refractivity contribution in [1.29, 1.82) is 0 Å². The van der Waals surface area contributed by atoms with E-state index in [2.05, 4.69) is 20.6 Å². The molecular weight excluding hydrogens is 284 g/mol. The van der Waals surface area contributed by atoms with Gasteiger partial charge in [-0.3, -0.25) is 0 Å². The number of ether oxygens (including phenoxy) is 1. The second-order valence-corrected chi connectivity index (χ2v) is 6.16.